The third-order valence-electron chi connectivity index (χ3n) is 4.03. The number of hydrogen-bond donors (Lipinski definition) is 2. The summed E-state index contributed by atoms with van der Waals surface area (Å²) in [7, 11) is 5.08. The summed E-state index contributed by atoms with van der Waals surface area (Å²) in [5.41, 5.74) is 9.77. The second-order valence-corrected chi connectivity index (χ2v) is 5.94. The fraction of sp³-hybridized carbons (Fsp3) is 0.200. The van der Waals surface area contributed by atoms with E-state index in [0.29, 0.717) is 24.0 Å². The summed E-state index contributed by atoms with van der Waals surface area (Å²) >= 11 is 0. The molecule has 3 aromatic rings. The number of nitrogens with two attached hydrogens (primary N) is 1. The molecule has 0 bridgehead atoms. The predicted molar refractivity (Wildman–Crippen MR) is 123 cm³/mol. The molecule has 0 aliphatic rings. The van der Waals surface area contributed by atoms with Crippen LogP contribution in [0.5, 0.6) is 11.5 Å². The van der Waals surface area contributed by atoms with Crippen LogP contribution in [-0.4, -0.2) is 30.0 Å². The molecule has 7 nitrogen and oxygen atoms in total. The number of benzene rings is 2. The maximum atomic E-state index is 6.05. The van der Waals surface area contributed by atoms with Gasteiger partial charge in [-0.05, 0) is 12.1 Å². The molecule has 0 radical (unpaired) electrons. The quantitative estimate of drug-likeness (QED) is 0.311. The first-order valence-electron chi connectivity index (χ1n) is 8.47. The summed E-state index contributed by atoms with van der Waals surface area (Å²) in [6.45, 7) is 0.421. The highest BCUT2D eigenvalue weighted by Crippen LogP contribution is 2.29. The number of halogens is 1. The maximum Gasteiger partial charge on any atom is 0.193 e. The fourth-order valence-corrected chi connectivity index (χ4v) is 2.76. The Morgan fingerprint density at radius 2 is 1.82 bits per heavy atom. The monoisotopic (exact) mass is 493 g/mol. The number of rotatable bonds is 6. The van der Waals surface area contributed by atoms with Gasteiger partial charge in [0.25, 0.3) is 0 Å². The van der Waals surface area contributed by atoms with Gasteiger partial charge in [0, 0.05) is 36.1 Å². The molecule has 0 spiro atoms. The standard InChI is InChI=1S/C20H23N5O2.HI/c1-25-13-15(19(24-25)14-7-5-4-6-8-14)12-22-20(21)23-16-9-10-17(26-2)18(11-16)27-3;/h4-11,13H,12H2,1-3H3,(H3,21,22,23);1H. The van der Waals surface area contributed by atoms with Crippen molar-refractivity contribution >= 4 is 35.6 Å². The van der Waals surface area contributed by atoms with E-state index < -0.39 is 0 Å². The third-order valence-corrected chi connectivity index (χ3v) is 4.03. The van der Waals surface area contributed by atoms with Crippen molar-refractivity contribution in [2.45, 2.75) is 6.54 Å². The third kappa shape index (κ3) is 5.16. The molecule has 0 saturated heterocycles. The molecule has 3 rings (SSSR count). The molecule has 0 amide bonds. The van der Waals surface area contributed by atoms with E-state index in [2.05, 4.69) is 15.4 Å². The van der Waals surface area contributed by atoms with E-state index in [4.69, 9.17) is 15.2 Å². The lowest BCUT2D eigenvalue weighted by Crippen LogP contribution is -2.22. The zero-order valence-corrected chi connectivity index (χ0v) is 18.4. The van der Waals surface area contributed by atoms with Crippen molar-refractivity contribution < 1.29 is 9.47 Å². The van der Waals surface area contributed by atoms with Crippen molar-refractivity contribution in [1.82, 2.24) is 9.78 Å². The summed E-state index contributed by atoms with van der Waals surface area (Å²) in [6.07, 6.45) is 1.95. The van der Waals surface area contributed by atoms with Gasteiger partial charge in [-0.3, -0.25) is 4.68 Å². The van der Waals surface area contributed by atoms with E-state index >= 15 is 0 Å². The molecular formula is C20H24IN5O2. The molecule has 148 valence electrons. The van der Waals surface area contributed by atoms with Crippen LogP contribution < -0.4 is 20.5 Å². The number of nitrogens with one attached hydrogen (secondary N) is 1. The lowest BCUT2D eigenvalue weighted by molar-refractivity contribution is 0.355. The van der Waals surface area contributed by atoms with Crippen LogP contribution in [0.2, 0.25) is 0 Å². The van der Waals surface area contributed by atoms with Crippen LogP contribution in [0.25, 0.3) is 11.3 Å². The van der Waals surface area contributed by atoms with Crippen molar-refractivity contribution in [2.75, 3.05) is 19.5 Å². The van der Waals surface area contributed by atoms with Crippen LogP contribution in [0.15, 0.2) is 59.7 Å². The summed E-state index contributed by atoms with van der Waals surface area (Å²) in [5.74, 6) is 1.58. The smallest absolute Gasteiger partial charge is 0.193 e. The Hall–Kier alpha value is -2.75. The van der Waals surface area contributed by atoms with Crippen LogP contribution in [0.4, 0.5) is 5.69 Å². The Labute approximate surface area is 181 Å². The molecule has 1 heterocycles. The van der Waals surface area contributed by atoms with Gasteiger partial charge >= 0.3 is 0 Å². The van der Waals surface area contributed by atoms with Gasteiger partial charge < -0.3 is 20.5 Å². The van der Waals surface area contributed by atoms with Gasteiger partial charge in [0.15, 0.2) is 17.5 Å². The number of aliphatic imine (C=N–C) groups is 1. The average Bonchev–Trinajstić information content (AvgIpc) is 3.07. The minimum atomic E-state index is 0. The first-order valence-corrected chi connectivity index (χ1v) is 8.47. The largest absolute Gasteiger partial charge is 0.493 e. The zero-order valence-electron chi connectivity index (χ0n) is 16.0. The highest BCUT2D eigenvalue weighted by Gasteiger charge is 2.10. The highest BCUT2D eigenvalue weighted by molar-refractivity contribution is 14.0. The molecule has 8 heteroatoms. The first kappa shape index (κ1) is 21.5. The number of hydrogen-bond acceptors (Lipinski definition) is 4. The van der Waals surface area contributed by atoms with E-state index in [0.717, 1.165) is 22.5 Å². The van der Waals surface area contributed by atoms with E-state index in [1.165, 1.54) is 0 Å². The Bertz CT molecular complexity index is 941. The summed E-state index contributed by atoms with van der Waals surface area (Å²) in [4.78, 5) is 4.45. The highest BCUT2D eigenvalue weighted by atomic mass is 127. The van der Waals surface area contributed by atoms with Crippen LogP contribution in [-0.2, 0) is 13.6 Å². The molecule has 0 saturated carbocycles. The lowest BCUT2D eigenvalue weighted by Gasteiger charge is -2.11. The first-order chi connectivity index (χ1) is 13.1. The molecule has 1 aromatic heterocycles. The molecule has 0 aliphatic heterocycles. The number of guanidine groups is 1. The summed E-state index contributed by atoms with van der Waals surface area (Å²) in [5, 5.41) is 7.61. The van der Waals surface area contributed by atoms with Crippen molar-refractivity contribution in [1.29, 1.82) is 0 Å². The van der Waals surface area contributed by atoms with Crippen LogP contribution in [0.1, 0.15) is 5.56 Å². The van der Waals surface area contributed by atoms with Crippen molar-refractivity contribution in [3.05, 3.63) is 60.3 Å². The molecule has 2 aromatic carbocycles. The Kier molecular flexibility index (Phi) is 7.68. The Morgan fingerprint density at radius 1 is 1.11 bits per heavy atom. The van der Waals surface area contributed by atoms with E-state index in [9.17, 15) is 0 Å². The Morgan fingerprint density at radius 3 is 2.50 bits per heavy atom. The number of nitrogens with zero attached hydrogens (tertiary/aromatic N) is 3. The molecule has 28 heavy (non-hydrogen) atoms. The van der Waals surface area contributed by atoms with Gasteiger partial charge in [-0.2, -0.15) is 5.10 Å². The van der Waals surface area contributed by atoms with Gasteiger partial charge in [0.05, 0.1) is 26.5 Å². The lowest BCUT2D eigenvalue weighted by atomic mass is 10.1. The predicted octanol–water partition coefficient (Wildman–Crippen LogP) is 3.65. The van der Waals surface area contributed by atoms with Crippen LogP contribution in [0, 0.1) is 0 Å². The molecule has 0 aliphatic carbocycles. The number of aryl methyl sites for hydroxylation is 1. The summed E-state index contributed by atoms with van der Waals surface area (Å²) < 4.78 is 12.3. The van der Waals surface area contributed by atoms with Gasteiger partial charge in [0.1, 0.15) is 0 Å². The maximum absolute atomic E-state index is 6.05. The average molecular weight is 493 g/mol. The van der Waals surface area contributed by atoms with Crippen molar-refractivity contribution in [3.8, 4) is 22.8 Å². The summed E-state index contributed by atoms with van der Waals surface area (Å²) in [6, 6.07) is 15.5. The van der Waals surface area contributed by atoms with E-state index in [1.54, 1.807) is 25.0 Å². The normalized spacial score (nSPS) is 10.9. The number of aromatic nitrogens is 2. The van der Waals surface area contributed by atoms with E-state index in [1.807, 2.05) is 55.7 Å². The van der Waals surface area contributed by atoms with Crippen molar-refractivity contribution in [3.63, 3.8) is 0 Å². The molecule has 0 fully saturated rings. The van der Waals surface area contributed by atoms with Gasteiger partial charge in [-0.25, -0.2) is 4.99 Å². The minimum absolute atomic E-state index is 0. The topological polar surface area (TPSA) is 86.7 Å². The zero-order chi connectivity index (χ0) is 19.2. The Balaban J connectivity index is 0.00000280. The van der Waals surface area contributed by atoms with Gasteiger partial charge in [-0.15, -0.1) is 24.0 Å². The number of anilines is 1. The van der Waals surface area contributed by atoms with Gasteiger partial charge in [-0.1, -0.05) is 30.3 Å². The van der Waals surface area contributed by atoms with Crippen molar-refractivity contribution in [2.24, 2.45) is 17.8 Å². The second kappa shape index (κ2) is 9.98. The minimum Gasteiger partial charge on any atom is -0.493 e. The molecule has 3 N–H and O–H groups in total. The molecule has 0 atom stereocenters. The molecular weight excluding hydrogens is 469 g/mol. The van der Waals surface area contributed by atoms with Crippen LogP contribution in [0.3, 0.4) is 0 Å². The number of methoxy groups -OCH3 is 2. The SMILES string of the molecule is COc1ccc(NC(N)=NCc2cn(C)nc2-c2ccccc2)cc1OC.I. The second-order valence-electron chi connectivity index (χ2n) is 5.94. The molecule has 0 unspecified atom stereocenters. The van der Waals surface area contributed by atoms with Gasteiger partial charge in [0.2, 0.25) is 0 Å². The fourth-order valence-electron chi connectivity index (χ4n) is 2.76. The van der Waals surface area contributed by atoms with E-state index in [-0.39, 0.29) is 24.0 Å². The van der Waals surface area contributed by atoms with Crippen LogP contribution >= 0.6 is 24.0 Å². The number of ether oxygens (including phenoxy) is 2.